The van der Waals surface area contributed by atoms with Gasteiger partial charge in [0.15, 0.2) is 0 Å². The molecule has 1 unspecified atom stereocenters. The average molecular weight is 367 g/mol. The van der Waals surface area contributed by atoms with Gasteiger partial charge in [0.05, 0.1) is 7.11 Å². The van der Waals surface area contributed by atoms with Crippen molar-refractivity contribution in [3.63, 3.8) is 0 Å². The van der Waals surface area contributed by atoms with Gasteiger partial charge in [0.1, 0.15) is 10.6 Å². The molecule has 1 atom stereocenters. The number of benzene rings is 1. The van der Waals surface area contributed by atoms with Gasteiger partial charge >= 0.3 is 0 Å². The molecule has 3 N–H and O–H groups in total. The maximum atomic E-state index is 12.8. The number of carbonyl (C=O) groups is 1. The predicted molar refractivity (Wildman–Crippen MR) is 94.0 cm³/mol. The zero-order valence-corrected chi connectivity index (χ0v) is 15.4. The lowest BCUT2D eigenvalue weighted by Crippen LogP contribution is -2.34. The molecule has 1 saturated carbocycles. The summed E-state index contributed by atoms with van der Waals surface area (Å²) < 4.78 is 33.0. The maximum absolute atomic E-state index is 12.8. The lowest BCUT2D eigenvalue weighted by Gasteiger charge is -2.23. The molecule has 7 nitrogen and oxygen atoms in total. The van der Waals surface area contributed by atoms with Crippen molar-refractivity contribution >= 4 is 15.9 Å². The van der Waals surface area contributed by atoms with Crippen LogP contribution in [0.1, 0.15) is 36.5 Å². The minimum atomic E-state index is -3.71. The molecule has 1 amide bonds. The molecule has 2 aliphatic rings. The van der Waals surface area contributed by atoms with Gasteiger partial charge in [-0.15, -0.1) is 0 Å². The Hall–Kier alpha value is -1.64. The summed E-state index contributed by atoms with van der Waals surface area (Å²) in [5.74, 6) is 0.0561. The van der Waals surface area contributed by atoms with Crippen LogP contribution in [0.5, 0.6) is 5.75 Å². The molecule has 0 spiro atoms. The van der Waals surface area contributed by atoms with Gasteiger partial charge in [-0.2, -0.15) is 0 Å². The van der Waals surface area contributed by atoms with E-state index in [-0.39, 0.29) is 28.0 Å². The van der Waals surface area contributed by atoms with Gasteiger partial charge in [0.25, 0.3) is 5.91 Å². The molecule has 138 valence electrons. The number of likely N-dealkylation sites (tertiary alicyclic amines) is 1. The highest BCUT2D eigenvalue weighted by molar-refractivity contribution is 7.89. The number of nitrogens with zero attached hydrogens (tertiary/aromatic N) is 1. The number of ether oxygens (including phenoxy) is 1. The van der Waals surface area contributed by atoms with Crippen molar-refractivity contribution in [1.82, 2.24) is 9.62 Å². The molecular formula is C17H25N3O4S. The third-order valence-electron chi connectivity index (χ3n) is 4.94. The molecule has 1 heterocycles. The second-order valence-electron chi connectivity index (χ2n) is 7.25. The summed E-state index contributed by atoms with van der Waals surface area (Å²) in [7, 11) is -2.30. The molecular weight excluding hydrogens is 342 g/mol. The Morgan fingerprint density at radius 2 is 2.16 bits per heavy atom. The molecule has 0 bridgehead atoms. The Bertz CT molecular complexity index is 776. The first kappa shape index (κ1) is 18.2. The Kier molecular flexibility index (Phi) is 4.78. The monoisotopic (exact) mass is 367 g/mol. The molecule has 1 aromatic carbocycles. The number of amides is 1. The second kappa shape index (κ2) is 6.59. The number of nitrogens with one attached hydrogen (secondary N) is 1. The molecule has 2 fully saturated rings. The smallest absolute Gasteiger partial charge is 0.253 e. The van der Waals surface area contributed by atoms with E-state index >= 15 is 0 Å². The number of nitrogens with two attached hydrogens (primary N) is 1. The van der Waals surface area contributed by atoms with Crippen LogP contribution in [0, 0.1) is 5.41 Å². The zero-order valence-electron chi connectivity index (χ0n) is 14.6. The average Bonchev–Trinajstić information content (AvgIpc) is 3.31. The number of methoxy groups -OCH3 is 1. The number of hydrogen-bond donors (Lipinski definition) is 2. The standard InChI is InChI=1S/C17H25N3O4S/c1-17(10-18)7-8-20(11-17)16(21)12-3-6-14(24-2)15(9-12)25(22,23)19-13-4-5-13/h3,6,9,13,19H,4-5,7-8,10-11,18H2,1-2H3. The van der Waals surface area contributed by atoms with E-state index < -0.39 is 10.0 Å². The predicted octanol–water partition coefficient (Wildman–Crippen LogP) is 0.947. The fourth-order valence-corrected chi connectivity index (χ4v) is 4.55. The third kappa shape index (κ3) is 3.80. The minimum Gasteiger partial charge on any atom is -0.495 e. The first-order valence-corrected chi connectivity index (χ1v) is 9.96. The first-order valence-electron chi connectivity index (χ1n) is 8.48. The Labute approximate surface area is 148 Å². The molecule has 0 radical (unpaired) electrons. The van der Waals surface area contributed by atoms with Crippen molar-refractivity contribution in [1.29, 1.82) is 0 Å². The molecule has 1 aliphatic heterocycles. The van der Waals surface area contributed by atoms with Crippen LogP contribution in [0.15, 0.2) is 23.1 Å². The molecule has 8 heteroatoms. The van der Waals surface area contributed by atoms with Crippen LogP contribution in [0.2, 0.25) is 0 Å². The largest absolute Gasteiger partial charge is 0.495 e. The highest BCUT2D eigenvalue weighted by atomic mass is 32.2. The highest BCUT2D eigenvalue weighted by Gasteiger charge is 2.36. The Morgan fingerprint density at radius 3 is 2.72 bits per heavy atom. The van der Waals surface area contributed by atoms with Crippen LogP contribution < -0.4 is 15.2 Å². The van der Waals surface area contributed by atoms with Crippen molar-refractivity contribution in [3.8, 4) is 5.75 Å². The van der Waals surface area contributed by atoms with E-state index in [9.17, 15) is 13.2 Å². The summed E-state index contributed by atoms with van der Waals surface area (Å²) in [5, 5.41) is 0. The molecule has 1 aliphatic carbocycles. The number of rotatable bonds is 6. The van der Waals surface area contributed by atoms with Gasteiger partial charge in [0, 0.05) is 24.7 Å². The molecule has 25 heavy (non-hydrogen) atoms. The van der Waals surface area contributed by atoms with Crippen molar-refractivity contribution < 1.29 is 17.9 Å². The van der Waals surface area contributed by atoms with Crippen LogP contribution >= 0.6 is 0 Å². The summed E-state index contributed by atoms with van der Waals surface area (Å²) >= 11 is 0. The fraction of sp³-hybridized carbons (Fsp3) is 0.588. The van der Waals surface area contributed by atoms with E-state index in [1.165, 1.54) is 19.2 Å². The van der Waals surface area contributed by atoms with E-state index in [0.29, 0.717) is 25.2 Å². The van der Waals surface area contributed by atoms with E-state index in [2.05, 4.69) is 11.6 Å². The van der Waals surface area contributed by atoms with E-state index in [1.54, 1.807) is 11.0 Å². The van der Waals surface area contributed by atoms with Gasteiger partial charge in [0.2, 0.25) is 10.0 Å². The minimum absolute atomic E-state index is 0.00790. The summed E-state index contributed by atoms with van der Waals surface area (Å²) in [6.45, 7) is 3.78. The first-order chi connectivity index (χ1) is 11.8. The topological polar surface area (TPSA) is 102 Å². The van der Waals surface area contributed by atoms with Crippen LogP contribution in [0.3, 0.4) is 0 Å². The van der Waals surface area contributed by atoms with E-state index in [1.807, 2.05) is 0 Å². The van der Waals surface area contributed by atoms with Crippen molar-refractivity contribution in [3.05, 3.63) is 23.8 Å². The Balaban J connectivity index is 1.88. The van der Waals surface area contributed by atoms with Crippen LogP contribution in [0.4, 0.5) is 0 Å². The van der Waals surface area contributed by atoms with Gasteiger partial charge in [-0.05, 0) is 49.4 Å². The van der Waals surface area contributed by atoms with Crippen LogP contribution in [0.25, 0.3) is 0 Å². The third-order valence-corrected chi connectivity index (χ3v) is 6.48. The maximum Gasteiger partial charge on any atom is 0.253 e. The van der Waals surface area contributed by atoms with Crippen LogP contribution in [-0.2, 0) is 10.0 Å². The summed E-state index contributed by atoms with van der Waals surface area (Å²) in [6.07, 6.45) is 2.52. The van der Waals surface area contributed by atoms with Crippen molar-refractivity contribution in [2.45, 2.75) is 37.1 Å². The summed E-state index contributed by atoms with van der Waals surface area (Å²) in [4.78, 5) is 14.5. The van der Waals surface area contributed by atoms with Crippen molar-refractivity contribution in [2.24, 2.45) is 11.1 Å². The van der Waals surface area contributed by atoms with Crippen molar-refractivity contribution in [2.75, 3.05) is 26.7 Å². The second-order valence-corrected chi connectivity index (χ2v) is 8.94. The van der Waals surface area contributed by atoms with Gasteiger partial charge in [-0.25, -0.2) is 13.1 Å². The highest BCUT2D eigenvalue weighted by Crippen LogP contribution is 2.32. The number of hydrogen-bond acceptors (Lipinski definition) is 5. The number of carbonyl (C=O) groups excluding carboxylic acids is 1. The lowest BCUT2D eigenvalue weighted by atomic mass is 9.90. The van der Waals surface area contributed by atoms with Gasteiger partial charge in [-0.3, -0.25) is 4.79 Å². The number of sulfonamides is 1. The molecule has 1 aromatic rings. The Morgan fingerprint density at radius 1 is 1.44 bits per heavy atom. The molecule has 3 rings (SSSR count). The quantitative estimate of drug-likeness (QED) is 0.779. The molecule has 1 saturated heterocycles. The normalized spacial score (nSPS) is 23.7. The van der Waals surface area contributed by atoms with Gasteiger partial charge in [-0.1, -0.05) is 6.92 Å². The molecule has 0 aromatic heterocycles. The summed E-state index contributed by atoms with van der Waals surface area (Å²) in [5.41, 5.74) is 6.07. The van der Waals surface area contributed by atoms with E-state index in [4.69, 9.17) is 10.5 Å². The zero-order chi connectivity index (χ0) is 18.2. The fourth-order valence-electron chi connectivity index (χ4n) is 3.05. The SMILES string of the molecule is COc1ccc(C(=O)N2CCC(C)(CN)C2)cc1S(=O)(=O)NC1CC1. The lowest BCUT2D eigenvalue weighted by molar-refractivity contribution is 0.0776. The van der Waals surface area contributed by atoms with Crippen LogP contribution in [-0.4, -0.2) is 52.0 Å². The van der Waals surface area contributed by atoms with Gasteiger partial charge < -0.3 is 15.4 Å². The summed E-state index contributed by atoms with van der Waals surface area (Å²) in [6, 6.07) is 4.53. The van der Waals surface area contributed by atoms with E-state index in [0.717, 1.165) is 19.3 Å².